The van der Waals surface area contributed by atoms with E-state index in [1.807, 2.05) is 11.6 Å². The Labute approximate surface area is 174 Å². The fourth-order valence-electron chi connectivity index (χ4n) is 5.22. The van der Waals surface area contributed by atoms with Gasteiger partial charge in [0.05, 0.1) is 11.8 Å². The maximum absolute atomic E-state index is 13.2. The summed E-state index contributed by atoms with van der Waals surface area (Å²) in [6.45, 7) is 12.2. The van der Waals surface area contributed by atoms with E-state index in [0.29, 0.717) is 0 Å². The minimum absolute atomic E-state index is 0.164. The van der Waals surface area contributed by atoms with E-state index in [9.17, 15) is 4.79 Å². The van der Waals surface area contributed by atoms with Crippen molar-refractivity contribution in [2.75, 3.05) is 26.2 Å². The average Bonchev–Trinajstić information content (AvgIpc) is 3.26. The van der Waals surface area contributed by atoms with Crippen LogP contribution >= 0.6 is 0 Å². The number of carbonyl (C=O) groups is 1. The zero-order valence-electron chi connectivity index (χ0n) is 18.2. The minimum Gasteiger partial charge on any atom is -0.338 e. The summed E-state index contributed by atoms with van der Waals surface area (Å²) in [5.41, 5.74) is 4.76. The Balaban J connectivity index is 1.42. The second-order valence-electron chi connectivity index (χ2n) is 9.15. The molecule has 4 rings (SSSR count). The van der Waals surface area contributed by atoms with Gasteiger partial charge in [-0.2, -0.15) is 5.10 Å². The van der Waals surface area contributed by atoms with E-state index >= 15 is 0 Å². The van der Waals surface area contributed by atoms with E-state index < -0.39 is 0 Å². The monoisotopic (exact) mass is 394 g/mol. The molecule has 1 aromatic carbocycles. The molecule has 2 aromatic rings. The van der Waals surface area contributed by atoms with Gasteiger partial charge in [-0.25, -0.2) is 0 Å². The van der Waals surface area contributed by atoms with Crippen molar-refractivity contribution in [1.29, 1.82) is 0 Å². The van der Waals surface area contributed by atoms with Gasteiger partial charge in [-0.05, 0) is 51.6 Å². The molecule has 1 aromatic heterocycles. The summed E-state index contributed by atoms with van der Waals surface area (Å²) < 4.78 is 1.96. The summed E-state index contributed by atoms with van der Waals surface area (Å²) in [6.07, 6.45) is 6.37. The van der Waals surface area contributed by atoms with E-state index in [-0.39, 0.29) is 11.3 Å². The van der Waals surface area contributed by atoms with Crippen molar-refractivity contribution >= 4 is 5.91 Å². The number of benzene rings is 1. The number of rotatable bonds is 5. The second-order valence-corrected chi connectivity index (χ2v) is 9.15. The van der Waals surface area contributed by atoms with Crippen LogP contribution in [0, 0.1) is 19.3 Å². The molecule has 0 N–H and O–H groups in total. The molecule has 5 heteroatoms. The van der Waals surface area contributed by atoms with Crippen molar-refractivity contribution < 1.29 is 4.79 Å². The molecule has 0 radical (unpaired) electrons. The van der Waals surface area contributed by atoms with Gasteiger partial charge in [-0.1, -0.05) is 36.8 Å². The van der Waals surface area contributed by atoms with Crippen molar-refractivity contribution in [3.8, 4) is 0 Å². The van der Waals surface area contributed by atoms with Gasteiger partial charge in [0.25, 0.3) is 5.91 Å². The zero-order valence-corrected chi connectivity index (χ0v) is 18.2. The van der Waals surface area contributed by atoms with Gasteiger partial charge in [-0.3, -0.25) is 14.4 Å². The fourth-order valence-corrected chi connectivity index (χ4v) is 5.22. The lowest BCUT2D eigenvalue weighted by atomic mass is 9.79. The first-order valence-electron chi connectivity index (χ1n) is 11.1. The van der Waals surface area contributed by atoms with Gasteiger partial charge in [0.1, 0.15) is 0 Å². The Bertz CT molecular complexity index is 874. The largest absolute Gasteiger partial charge is 0.338 e. The van der Waals surface area contributed by atoms with Crippen LogP contribution in [0.4, 0.5) is 0 Å². The topological polar surface area (TPSA) is 41.4 Å². The van der Waals surface area contributed by atoms with Crippen LogP contribution in [0.25, 0.3) is 0 Å². The Morgan fingerprint density at radius 3 is 2.83 bits per heavy atom. The molecule has 0 bridgehead atoms. The Morgan fingerprint density at radius 1 is 1.17 bits per heavy atom. The van der Waals surface area contributed by atoms with E-state index in [1.54, 1.807) is 6.20 Å². The molecule has 0 saturated carbocycles. The third-order valence-corrected chi connectivity index (χ3v) is 6.72. The standard InChI is InChI=1S/C24H34N4O/c1-4-11-28-20(3)22(15-25-28)23(29)27-13-10-24(18-27)9-6-12-26(17-24)16-21-8-5-7-19(2)14-21/h5,7-8,14-15H,4,6,9-13,16-18H2,1-3H3/t24-/m0/s1. The Kier molecular flexibility index (Phi) is 5.77. The van der Waals surface area contributed by atoms with Crippen LogP contribution in [0.3, 0.4) is 0 Å². The smallest absolute Gasteiger partial charge is 0.257 e. The highest BCUT2D eigenvalue weighted by Gasteiger charge is 2.43. The second kappa shape index (κ2) is 8.31. The predicted molar refractivity (Wildman–Crippen MR) is 116 cm³/mol. The predicted octanol–water partition coefficient (Wildman–Crippen LogP) is 4.04. The first-order chi connectivity index (χ1) is 14.0. The molecule has 2 aliphatic heterocycles. The van der Waals surface area contributed by atoms with Gasteiger partial charge in [0.15, 0.2) is 0 Å². The van der Waals surface area contributed by atoms with Crippen molar-refractivity contribution in [3.63, 3.8) is 0 Å². The summed E-state index contributed by atoms with van der Waals surface area (Å²) in [4.78, 5) is 17.9. The summed E-state index contributed by atoms with van der Waals surface area (Å²) in [5, 5.41) is 4.43. The van der Waals surface area contributed by atoms with Gasteiger partial charge in [0, 0.05) is 43.8 Å². The first-order valence-corrected chi connectivity index (χ1v) is 11.1. The number of amides is 1. The summed E-state index contributed by atoms with van der Waals surface area (Å²) >= 11 is 0. The molecule has 1 amide bonds. The lowest BCUT2D eigenvalue weighted by Gasteiger charge is -2.40. The van der Waals surface area contributed by atoms with Gasteiger partial charge in [0.2, 0.25) is 0 Å². The van der Waals surface area contributed by atoms with Crippen LogP contribution in [0.5, 0.6) is 0 Å². The Morgan fingerprint density at radius 2 is 2.03 bits per heavy atom. The molecule has 2 saturated heterocycles. The third-order valence-electron chi connectivity index (χ3n) is 6.72. The molecule has 156 valence electrons. The van der Waals surface area contributed by atoms with Crippen LogP contribution < -0.4 is 0 Å². The molecule has 1 atom stereocenters. The van der Waals surface area contributed by atoms with Crippen LogP contribution in [0.2, 0.25) is 0 Å². The van der Waals surface area contributed by atoms with Crippen molar-refractivity contribution in [3.05, 3.63) is 52.8 Å². The molecule has 3 heterocycles. The highest BCUT2D eigenvalue weighted by molar-refractivity contribution is 5.95. The van der Waals surface area contributed by atoms with E-state index in [4.69, 9.17) is 0 Å². The summed E-state index contributed by atoms with van der Waals surface area (Å²) in [6, 6.07) is 8.84. The molecule has 0 unspecified atom stereocenters. The zero-order chi connectivity index (χ0) is 20.4. The SMILES string of the molecule is CCCn1ncc(C(=O)N2CC[C@]3(CCCN(Cc4cccc(C)c4)C3)C2)c1C. The van der Waals surface area contributed by atoms with Gasteiger partial charge < -0.3 is 4.90 Å². The number of aryl methyl sites for hydroxylation is 2. The Hall–Kier alpha value is -2.14. The lowest BCUT2D eigenvalue weighted by molar-refractivity contribution is 0.0674. The van der Waals surface area contributed by atoms with Gasteiger partial charge in [-0.15, -0.1) is 0 Å². The number of aromatic nitrogens is 2. The first kappa shape index (κ1) is 20.1. The normalized spacial score (nSPS) is 22.5. The number of nitrogens with zero attached hydrogens (tertiary/aromatic N) is 4. The highest BCUT2D eigenvalue weighted by Crippen LogP contribution is 2.40. The maximum atomic E-state index is 13.2. The average molecular weight is 395 g/mol. The van der Waals surface area contributed by atoms with Crippen LogP contribution in [0.1, 0.15) is 59.8 Å². The quantitative estimate of drug-likeness (QED) is 0.769. The number of hydrogen-bond donors (Lipinski definition) is 0. The third kappa shape index (κ3) is 4.25. The van der Waals surface area contributed by atoms with Crippen LogP contribution in [0.15, 0.2) is 30.5 Å². The molecule has 5 nitrogen and oxygen atoms in total. The van der Waals surface area contributed by atoms with Gasteiger partial charge >= 0.3 is 0 Å². The summed E-state index contributed by atoms with van der Waals surface area (Å²) in [7, 11) is 0. The molecule has 2 fully saturated rings. The van der Waals surface area contributed by atoms with Crippen LogP contribution in [-0.2, 0) is 13.1 Å². The molecule has 29 heavy (non-hydrogen) atoms. The number of likely N-dealkylation sites (tertiary alicyclic amines) is 2. The van der Waals surface area contributed by atoms with E-state index in [0.717, 1.165) is 63.4 Å². The minimum atomic E-state index is 0.164. The fraction of sp³-hybridized carbons (Fsp3) is 0.583. The van der Waals surface area contributed by atoms with Crippen molar-refractivity contribution in [2.45, 2.75) is 59.5 Å². The van der Waals surface area contributed by atoms with Crippen molar-refractivity contribution in [2.24, 2.45) is 5.41 Å². The molecule has 2 aliphatic rings. The molecular weight excluding hydrogens is 360 g/mol. The number of hydrogen-bond acceptors (Lipinski definition) is 3. The number of piperidine rings is 1. The molecular formula is C24H34N4O. The number of carbonyl (C=O) groups excluding carboxylic acids is 1. The molecule has 1 spiro atoms. The maximum Gasteiger partial charge on any atom is 0.257 e. The molecule has 0 aliphatic carbocycles. The van der Waals surface area contributed by atoms with E-state index in [1.165, 1.54) is 24.0 Å². The van der Waals surface area contributed by atoms with Crippen molar-refractivity contribution in [1.82, 2.24) is 19.6 Å². The lowest BCUT2D eigenvalue weighted by Crippen LogP contribution is -2.45. The summed E-state index contributed by atoms with van der Waals surface area (Å²) in [5.74, 6) is 0.164. The highest BCUT2D eigenvalue weighted by atomic mass is 16.2. The van der Waals surface area contributed by atoms with Crippen LogP contribution in [-0.4, -0.2) is 51.7 Å². The van der Waals surface area contributed by atoms with E-state index in [2.05, 4.69) is 53.0 Å².